The molecule has 1 saturated heterocycles. The van der Waals surface area contributed by atoms with Crippen molar-refractivity contribution in [2.45, 2.75) is 76.6 Å². The highest BCUT2D eigenvalue weighted by Gasteiger charge is 2.55. The number of nitrogens with one attached hydrogen (secondary N) is 1. The molecule has 0 radical (unpaired) electrons. The summed E-state index contributed by atoms with van der Waals surface area (Å²) in [5.74, 6) is -3.68. The molecule has 14 heteroatoms. The molecule has 44 heavy (non-hydrogen) atoms. The number of unbranched alkanes of at least 4 members (excludes halogenated alkanes) is 1. The number of carbonyl (C=O) groups is 3. The lowest BCUT2D eigenvalue weighted by Crippen LogP contribution is -2.52. The molecule has 1 aromatic carbocycles. The SMILES string of the molecule is CCCCC(=O)OCOc1c2n(cc(C(=O)NCc3ccc(F)cc3F)c1=O)[C@@H]1CN(C2=O)[C@@H](C)CC[C@]12CC(OC)=NO2. The number of pyridine rings is 1. The minimum absolute atomic E-state index is 0.000551. The van der Waals surface area contributed by atoms with Crippen LogP contribution in [0.25, 0.3) is 0 Å². The monoisotopic (exact) mass is 616 g/mol. The maximum Gasteiger partial charge on any atom is 0.308 e. The van der Waals surface area contributed by atoms with E-state index in [1.807, 2.05) is 13.8 Å². The topological polar surface area (TPSA) is 138 Å². The first kappa shape index (κ1) is 31.0. The molecule has 5 rings (SSSR count). The van der Waals surface area contributed by atoms with Gasteiger partial charge in [-0.3, -0.25) is 19.2 Å². The highest BCUT2D eigenvalue weighted by molar-refractivity contribution is 5.99. The lowest BCUT2D eigenvalue weighted by molar-refractivity contribution is -0.150. The second kappa shape index (κ2) is 12.6. The van der Waals surface area contributed by atoms with Crippen molar-refractivity contribution >= 4 is 23.7 Å². The summed E-state index contributed by atoms with van der Waals surface area (Å²) >= 11 is 0. The van der Waals surface area contributed by atoms with Gasteiger partial charge in [-0.2, -0.15) is 0 Å². The van der Waals surface area contributed by atoms with Crippen molar-refractivity contribution < 1.29 is 42.2 Å². The third kappa shape index (κ3) is 5.84. The first-order valence-electron chi connectivity index (χ1n) is 14.5. The Morgan fingerprint density at radius 2 is 2.05 bits per heavy atom. The molecule has 2 amide bonds. The molecule has 1 aromatic heterocycles. The van der Waals surface area contributed by atoms with Crippen molar-refractivity contribution in [1.29, 1.82) is 0 Å². The fourth-order valence-corrected chi connectivity index (χ4v) is 5.79. The van der Waals surface area contributed by atoms with E-state index in [9.17, 15) is 28.0 Å². The molecule has 0 aliphatic carbocycles. The molecule has 0 unspecified atom stereocenters. The number of aromatic nitrogens is 1. The van der Waals surface area contributed by atoms with Gasteiger partial charge in [0.25, 0.3) is 11.8 Å². The smallest absolute Gasteiger partial charge is 0.308 e. The van der Waals surface area contributed by atoms with Crippen molar-refractivity contribution in [1.82, 2.24) is 14.8 Å². The lowest BCUT2D eigenvalue weighted by Gasteiger charge is -2.42. The molecule has 236 valence electrons. The van der Waals surface area contributed by atoms with Gasteiger partial charge in [-0.25, -0.2) is 8.78 Å². The average molecular weight is 617 g/mol. The van der Waals surface area contributed by atoms with Crippen LogP contribution >= 0.6 is 0 Å². The minimum atomic E-state index is -0.965. The minimum Gasteiger partial charge on any atom is -0.482 e. The van der Waals surface area contributed by atoms with E-state index in [1.54, 1.807) is 4.90 Å². The van der Waals surface area contributed by atoms with Crippen LogP contribution in [0.5, 0.6) is 5.75 Å². The van der Waals surface area contributed by atoms with Gasteiger partial charge in [0.1, 0.15) is 17.2 Å². The zero-order valence-electron chi connectivity index (χ0n) is 24.7. The highest BCUT2D eigenvalue weighted by Crippen LogP contribution is 2.46. The van der Waals surface area contributed by atoms with Gasteiger partial charge in [0.15, 0.2) is 11.3 Å². The van der Waals surface area contributed by atoms with Gasteiger partial charge in [0.2, 0.25) is 23.9 Å². The van der Waals surface area contributed by atoms with Crippen molar-refractivity contribution in [3.63, 3.8) is 0 Å². The number of fused-ring (bicyclic) bond motifs is 5. The molecule has 1 spiro atoms. The van der Waals surface area contributed by atoms with Crippen LogP contribution in [0.4, 0.5) is 8.78 Å². The quantitative estimate of drug-likeness (QED) is 0.334. The Morgan fingerprint density at radius 1 is 1.25 bits per heavy atom. The number of hydrogen-bond acceptors (Lipinski definition) is 9. The maximum atomic E-state index is 14.2. The Hall–Kier alpha value is -4.49. The number of oxime groups is 1. The van der Waals surface area contributed by atoms with Gasteiger partial charge in [-0.1, -0.05) is 24.6 Å². The van der Waals surface area contributed by atoms with E-state index in [-0.39, 0.29) is 43.2 Å². The number of rotatable bonds is 9. The Morgan fingerprint density at radius 3 is 2.75 bits per heavy atom. The summed E-state index contributed by atoms with van der Waals surface area (Å²) in [5, 5.41) is 6.58. The molecule has 0 saturated carbocycles. The van der Waals surface area contributed by atoms with Crippen molar-refractivity contribution in [2.24, 2.45) is 5.16 Å². The van der Waals surface area contributed by atoms with Crippen molar-refractivity contribution in [3.05, 3.63) is 63.1 Å². The van der Waals surface area contributed by atoms with Gasteiger partial charge >= 0.3 is 5.97 Å². The van der Waals surface area contributed by atoms with Crippen LogP contribution in [-0.2, 0) is 25.7 Å². The molecule has 4 heterocycles. The molecular weight excluding hydrogens is 582 g/mol. The van der Waals surface area contributed by atoms with Gasteiger partial charge in [-0.15, -0.1) is 0 Å². The van der Waals surface area contributed by atoms with E-state index in [0.717, 1.165) is 12.5 Å². The van der Waals surface area contributed by atoms with Crippen LogP contribution in [0.2, 0.25) is 0 Å². The molecule has 3 aliphatic rings. The maximum absolute atomic E-state index is 14.2. The van der Waals surface area contributed by atoms with Crippen LogP contribution in [0.3, 0.4) is 0 Å². The van der Waals surface area contributed by atoms with E-state index in [1.165, 1.54) is 23.9 Å². The summed E-state index contributed by atoms with van der Waals surface area (Å²) in [7, 11) is 1.47. The van der Waals surface area contributed by atoms with Gasteiger partial charge in [-0.05, 0) is 32.3 Å². The van der Waals surface area contributed by atoms with Crippen LogP contribution in [-0.4, -0.2) is 65.2 Å². The van der Waals surface area contributed by atoms with Gasteiger partial charge in [0, 0.05) is 43.4 Å². The third-order valence-corrected chi connectivity index (χ3v) is 8.36. The van der Waals surface area contributed by atoms with E-state index in [0.29, 0.717) is 31.2 Å². The van der Waals surface area contributed by atoms with Crippen LogP contribution in [0, 0.1) is 11.6 Å². The number of ether oxygens (including phenoxy) is 3. The fourth-order valence-electron chi connectivity index (χ4n) is 5.79. The Balaban J connectivity index is 1.56. The van der Waals surface area contributed by atoms with Crippen LogP contribution in [0.1, 0.15) is 84.8 Å². The number of benzene rings is 1. The average Bonchev–Trinajstić information content (AvgIpc) is 3.38. The number of hydrogen-bond donors (Lipinski definition) is 1. The fraction of sp³-hybridized carbons (Fsp3) is 0.500. The van der Waals surface area contributed by atoms with Crippen LogP contribution in [0.15, 0.2) is 34.3 Å². The largest absolute Gasteiger partial charge is 0.482 e. The van der Waals surface area contributed by atoms with Crippen molar-refractivity contribution in [3.8, 4) is 5.75 Å². The molecule has 1 fully saturated rings. The first-order valence-corrected chi connectivity index (χ1v) is 14.5. The standard InChI is InChI=1S/C30H34F2N4O8/c1-4-5-6-24(37)42-16-43-27-25-29(40)35-15-22(30(10-9-17(35)2)12-23(41-3)34-44-30)36(25)14-20(26(27)38)28(39)33-13-18-7-8-19(31)11-21(18)32/h7-8,11,14,17,22H,4-6,9-10,12-13,15-16H2,1-3H3,(H,33,39)/t17-,22+,30-/m0/s1. The molecule has 2 bridgehead atoms. The second-order valence-electron chi connectivity index (χ2n) is 11.1. The predicted molar refractivity (Wildman–Crippen MR) is 151 cm³/mol. The second-order valence-corrected chi connectivity index (χ2v) is 11.1. The van der Waals surface area contributed by atoms with E-state index >= 15 is 0 Å². The number of esters is 1. The summed E-state index contributed by atoms with van der Waals surface area (Å²) in [4.78, 5) is 60.8. The molecule has 2 aromatic rings. The predicted octanol–water partition coefficient (Wildman–Crippen LogP) is 3.42. The van der Waals surface area contributed by atoms with Crippen molar-refractivity contribution in [2.75, 3.05) is 20.4 Å². The number of amides is 2. The Bertz CT molecular complexity index is 1560. The lowest BCUT2D eigenvalue weighted by atomic mass is 9.85. The number of nitrogens with zero attached hydrogens (tertiary/aromatic N) is 3. The summed E-state index contributed by atoms with van der Waals surface area (Å²) < 4.78 is 45.3. The number of methoxy groups -OCH3 is 1. The summed E-state index contributed by atoms with van der Waals surface area (Å²) in [6.07, 6.45) is 4.11. The number of carbonyl (C=O) groups excluding carboxylic acids is 3. The van der Waals surface area contributed by atoms with Gasteiger partial charge < -0.3 is 33.8 Å². The molecule has 3 atom stereocenters. The van der Waals surface area contributed by atoms with Crippen LogP contribution < -0.4 is 15.5 Å². The summed E-state index contributed by atoms with van der Waals surface area (Å²) in [5.41, 5.74) is -2.41. The highest BCUT2D eigenvalue weighted by atomic mass is 19.1. The summed E-state index contributed by atoms with van der Waals surface area (Å²) in [6, 6.07) is 2.07. The number of halogens is 2. The molecule has 1 N–H and O–H groups in total. The first-order chi connectivity index (χ1) is 21.1. The molecule has 12 nitrogen and oxygen atoms in total. The molecule has 3 aliphatic heterocycles. The Kier molecular flexibility index (Phi) is 8.88. The summed E-state index contributed by atoms with van der Waals surface area (Å²) in [6.45, 7) is 2.99. The zero-order chi connectivity index (χ0) is 31.6. The van der Waals surface area contributed by atoms with E-state index < -0.39 is 64.6 Å². The normalized spacial score (nSPS) is 22.1. The Labute approximate surface area is 251 Å². The van der Waals surface area contributed by atoms with Gasteiger partial charge in [0.05, 0.1) is 19.6 Å². The third-order valence-electron chi connectivity index (χ3n) is 8.36. The molecular formula is C30H34F2N4O8. The van der Waals surface area contributed by atoms with E-state index in [4.69, 9.17) is 19.0 Å². The van der Waals surface area contributed by atoms with E-state index in [2.05, 4.69) is 10.5 Å². The zero-order valence-corrected chi connectivity index (χ0v) is 24.7.